The molecule has 0 radical (unpaired) electrons. The van der Waals surface area contributed by atoms with E-state index in [4.69, 9.17) is 4.98 Å². The molecule has 4 heterocycles. The lowest BCUT2D eigenvalue weighted by Crippen LogP contribution is -2.62. The predicted molar refractivity (Wildman–Crippen MR) is 101 cm³/mol. The minimum atomic E-state index is 0.155. The van der Waals surface area contributed by atoms with Gasteiger partial charge in [-0.2, -0.15) is 0 Å². The molecule has 25 heavy (non-hydrogen) atoms. The third-order valence-electron chi connectivity index (χ3n) is 6.27. The highest BCUT2D eigenvalue weighted by molar-refractivity contribution is 7.18. The van der Waals surface area contributed by atoms with Crippen molar-refractivity contribution in [1.29, 1.82) is 0 Å². The zero-order valence-corrected chi connectivity index (χ0v) is 15.5. The quantitative estimate of drug-likeness (QED) is 0.915. The summed E-state index contributed by atoms with van der Waals surface area (Å²) in [5, 5.41) is 4.61. The second kappa shape index (κ2) is 6.06. The van der Waals surface area contributed by atoms with Crippen LogP contribution in [0, 0.1) is 5.92 Å². The van der Waals surface area contributed by atoms with Crippen molar-refractivity contribution in [2.24, 2.45) is 5.92 Å². The van der Waals surface area contributed by atoms with Crippen molar-refractivity contribution in [2.45, 2.75) is 57.0 Å². The van der Waals surface area contributed by atoms with Crippen molar-refractivity contribution in [2.75, 3.05) is 13.1 Å². The van der Waals surface area contributed by atoms with Crippen molar-refractivity contribution in [1.82, 2.24) is 15.2 Å². The van der Waals surface area contributed by atoms with Gasteiger partial charge >= 0.3 is 0 Å². The highest BCUT2D eigenvalue weighted by Gasteiger charge is 2.40. The molecule has 6 rings (SSSR count). The summed E-state index contributed by atoms with van der Waals surface area (Å²) in [6.45, 7) is 4.65. The number of aromatic nitrogens is 1. The first-order valence-corrected chi connectivity index (χ1v) is 10.4. The first-order chi connectivity index (χ1) is 12.2. The number of nitrogens with one attached hydrogen (secondary N) is 1. The normalized spacial score (nSPS) is 31.4. The molecule has 0 spiro atoms. The summed E-state index contributed by atoms with van der Waals surface area (Å²) in [7, 11) is 0. The van der Waals surface area contributed by atoms with Crippen LogP contribution >= 0.6 is 11.3 Å². The minimum absolute atomic E-state index is 0.155. The van der Waals surface area contributed by atoms with Crippen molar-refractivity contribution in [3.05, 3.63) is 28.8 Å². The Hall–Kier alpha value is -1.46. The second-order valence-corrected chi connectivity index (χ2v) is 9.07. The van der Waals surface area contributed by atoms with E-state index in [0.29, 0.717) is 30.3 Å². The van der Waals surface area contributed by atoms with Crippen molar-refractivity contribution >= 4 is 27.5 Å². The van der Waals surface area contributed by atoms with Crippen LogP contribution in [0.25, 0.3) is 10.2 Å². The minimum Gasteiger partial charge on any atom is -0.351 e. The molecular formula is C20H25N3OS. The Morgan fingerprint density at radius 3 is 2.80 bits per heavy atom. The van der Waals surface area contributed by atoms with Gasteiger partial charge in [0.25, 0.3) is 0 Å². The molecule has 4 nitrogen and oxygen atoms in total. The van der Waals surface area contributed by atoms with Gasteiger partial charge in [-0.05, 0) is 69.3 Å². The van der Waals surface area contributed by atoms with E-state index in [1.165, 1.54) is 48.5 Å². The van der Waals surface area contributed by atoms with E-state index in [1.54, 1.807) is 0 Å². The van der Waals surface area contributed by atoms with Crippen LogP contribution in [-0.4, -0.2) is 41.0 Å². The van der Waals surface area contributed by atoms with E-state index >= 15 is 0 Å². The van der Waals surface area contributed by atoms with Crippen LogP contribution < -0.4 is 5.32 Å². The topological polar surface area (TPSA) is 45.2 Å². The molecule has 1 saturated carbocycles. The number of piperidine rings is 3. The first kappa shape index (κ1) is 15.8. The molecule has 1 amide bonds. The maximum Gasteiger partial charge on any atom is 0.224 e. The lowest BCUT2D eigenvalue weighted by atomic mass is 9.79. The van der Waals surface area contributed by atoms with Gasteiger partial charge in [0.1, 0.15) is 0 Å². The molecule has 1 N–H and O–H groups in total. The van der Waals surface area contributed by atoms with E-state index in [0.717, 1.165) is 11.1 Å². The summed E-state index contributed by atoms with van der Waals surface area (Å²) in [6.07, 6.45) is 5.48. The molecule has 0 unspecified atom stereocenters. The fourth-order valence-corrected chi connectivity index (χ4v) is 5.69. The molecule has 3 saturated heterocycles. The van der Waals surface area contributed by atoms with Gasteiger partial charge in [0.2, 0.25) is 5.91 Å². The van der Waals surface area contributed by atoms with Crippen LogP contribution in [0.15, 0.2) is 18.2 Å². The number of hydrogen-bond acceptors (Lipinski definition) is 4. The molecule has 2 aromatic rings. The van der Waals surface area contributed by atoms with Crippen LogP contribution in [-0.2, 0) is 11.2 Å². The number of fused-ring (bicyclic) bond motifs is 4. The van der Waals surface area contributed by atoms with Crippen molar-refractivity contribution in [3.8, 4) is 0 Å². The van der Waals surface area contributed by atoms with Crippen LogP contribution in [0.4, 0.5) is 0 Å². The molecule has 3 aliphatic heterocycles. The van der Waals surface area contributed by atoms with E-state index in [1.807, 2.05) is 11.3 Å². The molecule has 1 aliphatic carbocycles. The van der Waals surface area contributed by atoms with Gasteiger partial charge in [-0.3, -0.25) is 9.69 Å². The van der Waals surface area contributed by atoms with Gasteiger partial charge in [-0.25, -0.2) is 4.98 Å². The number of hydrogen-bond donors (Lipinski definition) is 1. The summed E-state index contributed by atoms with van der Waals surface area (Å²) in [6, 6.07) is 7.13. The average Bonchev–Trinajstić information content (AvgIpc) is 3.38. The lowest BCUT2D eigenvalue weighted by molar-refractivity contribution is -0.123. The second-order valence-electron chi connectivity index (χ2n) is 8.01. The number of nitrogens with zero attached hydrogens (tertiary/aromatic N) is 2. The predicted octanol–water partition coefficient (Wildman–Crippen LogP) is 3.32. The van der Waals surface area contributed by atoms with Gasteiger partial charge in [-0.1, -0.05) is 6.07 Å². The zero-order chi connectivity index (χ0) is 17.0. The highest BCUT2D eigenvalue weighted by atomic mass is 32.1. The van der Waals surface area contributed by atoms with Gasteiger partial charge in [-0.15, -0.1) is 11.3 Å². The smallest absolute Gasteiger partial charge is 0.224 e. The first-order valence-electron chi connectivity index (χ1n) is 9.60. The standard InChI is InChI=1S/C20H25N3OS/c1-12-19(14-6-8-23(12)9-7-14)22-18(24)11-13-2-5-17-16(10-13)21-20(25-17)15-3-4-15/h2,5,10,12,14-15,19H,3-4,6-9,11H2,1H3,(H,22,24)/t12-,19+/m1/s1. The van der Waals surface area contributed by atoms with Crippen LogP contribution in [0.3, 0.4) is 0 Å². The molecular weight excluding hydrogens is 330 g/mol. The van der Waals surface area contributed by atoms with Crippen molar-refractivity contribution < 1.29 is 4.79 Å². The molecule has 1 aromatic carbocycles. The summed E-state index contributed by atoms with van der Waals surface area (Å²) < 4.78 is 1.25. The summed E-state index contributed by atoms with van der Waals surface area (Å²) in [4.78, 5) is 19.9. The Bertz CT molecular complexity index is 802. The molecule has 2 bridgehead atoms. The molecule has 4 aliphatic rings. The third kappa shape index (κ3) is 2.97. The van der Waals surface area contributed by atoms with E-state index in [9.17, 15) is 4.79 Å². The molecule has 1 aromatic heterocycles. The molecule has 132 valence electrons. The lowest BCUT2D eigenvalue weighted by Gasteiger charge is -2.50. The van der Waals surface area contributed by atoms with Crippen LogP contribution in [0.1, 0.15) is 49.1 Å². The number of amides is 1. The number of carbonyl (C=O) groups excluding carboxylic acids is 1. The maximum atomic E-state index is 12.6. The fraction of sp³-hybridized carbons (Fsp3) is 0.600. The summed E-state index contributed by atoms with van der Waals surface area (Å²) in [5.74, 6) is 1.51. The average molecular weight is 356 g/mol. The van der Waals surface area contributed by atoms with Gasteiger partial charge < -0.3 is 5.32 Å². The van der Waals surface area contributed by atoms with E-state index in [2.05, 4.69) is 35.3 Å². The molecule has 5 heteroatoms. The van der Waals surface area contributed by atoms with Gasteiger partial charge in [0, 0.05) is 18.0 Å². The maximum absolute atomic E-state index is 12.6. The van der Waals surface area contributed by atoms with Crippen molar-refractivity contribution in [3.63, 3.8) is 0 Å². The van der Waals surface area contributed by atoms with Gasteiger partial charge in [0.15, 0.2) is 0 Å². The Labute approximate surface area is 152 Å². The number of rotatable bonds is 4. The number of carbonyl (C=O) groups is 1. The molecule has 2 atom stereocenters. The van der Waals surface area contributed by atoms with Crippen LogP contribution in [0.5, 0.6) is 0 Å². The van der Waals surface area contributed by atoms with E-state index in [-0.39, 0.29) is 5.91 Å². The Kier molecular flexibility index (Phi) is 3.82. The summed E-state index contributed by atoms with van der Waals surface area (Å²) >= 11 is 1.82. The van der Waals surface area contributed by atoms with Crippen LogP contribution in [0.2, 0.25) is 0 Å². The third-order valence-corrected chi connectivity index (χ3v) is 7.46. The monoisotopic (exact) mass is 355 g/mol. The fourth-order valence-electron chi connectivity index (χ4n) is 4.57. The zero-order valence-electron chi connectivity index (χ0n) is 14.7. The highest BCUT2D eigenvalue weighted by Crippen LogP contribution is 2.43. The Balaban J connectivity index is 1.28. The number of thiazole rings is 1. The van der Waals surface area contributed by atoms with E-state index < -0.39 is 0 Å². The molecule has 4 fully saturated rings. The SMILES string of the molecule is C[C@@H]1[C@H](NC(=O)Cc2ccc3sc(C4CC4)nc3c2)C2CCN1CC2. The van der Waals surface area contributed by atoms with Gasteiger partial charge in [0.05, 0.1) is 21.6 Å². The summed E-state index contributed by atoms with van der Waals surface area (Å²) in [5.41, 5.74) is 2.14. The Morgan fingerprint density at radius 1 is 1.28 bits per heavy atom. The number of benzene rings is 1. The Morgan fingerprint density at radius 2 is 2.08 bits per heavy atom. The largest absolute Gasteiger partial charge is 0.351 e.